The average molecular weight is 321 g/mol. The van der Waals surface area contributed by atoms with Crippen molar-refractivity contribution < 1.29 is 22.7 Å². The second-order valence-electron chi connectivity index (χ2n) is 6.34. The minimum atomic E-state index is -3.21. The maximum absolute atomic E-state index is 12.1. The van der Waals surface area contributed by atoms with Crippen LogP contribution in [0.2, 0.25) is 0 Å². The zero-order chi connectivity index (χ0) is 16.8. The zero-order valence-corrected chi connectivity index (χ0v) is 14.5. The molecule has 0 rings (SSSR count). The Balaban J connectivity index is 4.78. The summed E-state index contributed by atoms with van der Waals surface area (Å²) in [4.78, 5) is 23.9. The van der Waals surface area contributed by atoms with Gasteiger partial charge in [-0.05, 0) is 26.7 Å². The molecule has 0 aromatic heterocycles. The summed E-state index contributed by atoms with van der Waals surface area (Å²) in [6.07, 6.45) is 1.60. The molecule has 0 unspecified atom stereocenters. The molecular formula is C14H27NO5S. The highest BCUT2D eigenvalue weighted by atomic mass is 32.2. The third-order valence-corrected chi connectivity index (χ3v) is 3.84. The summed E-state index contributed by atoms with van der Waals surface area (Å²) in [6.45, 7) is 9.01. The Hall–Kier alpha value is -1.11. The number of carbonyl (C=O) groups excluding carboxylic acids is 2. The SMILES string of the molecule is CC[C@H](C)[C@H](NC(=O)CCS(C)(=O)=O)C(=O)OC(C)(C)C. The number of amides is 1. The van der Waals surface area contributed by atoms with Crippen LogP contribution in [0.4, 0.5) is 0 Å². The largest absolute Gasteiger partial charge is 0.458 e. The molecular weight excluding hydrogens is 294 g/mol. The fourth-order valence-corrected chi connectivity index (χ4v) is 2.11. The summed E-state index contributed by atoms with van der Waals surface area (Å²) in [7, 11) is -3.21. The van der Waals surface area contributed by atoms with Gasteiger partial charge in [-0.3, -0.25) is 4.79 Å². The van der Waals surface area contributed by atoms with Crippen molar-refractivity contribution in [1.82, 2.24) is 5.32 Å². The Morgan fingerprint density at radius 1 is 1.24 bits per heavy atom. The standard InChI is InChI=1S/C14H27NO5S/c1-7-10(2)12(13(17)20-14(3,4)5)15-11(16)8-9-21(6,18)19/h10,12H,7-9H2,1-6H3,(H,15,16)/t10-,12-/m0/s1. The van der Waals surface area contributed by atoms with Crippen molar-refractivity contribution in [1.29, 1.82) is 0 Å². The van der Waals surface area contributed by atoms with E-state index in [2.05, 4.69) is 5.32 Å². The Morgan fingerprint density at radius 2 is 1.76 bits per heavy atom. The van der Waals surface area contributed by atoms with E-state index in [1.807, 2.05) is 13.8 Å². The fourth-order valence-electron chi connectivity index (χ4n) is 1.56. The van der Waals surface area contributed by atoms with Crippen LogP contribution in [0.25, 0.3) is 0 Å². The van der Waals surface area contributed by atoms with Crippen LogP contribution < -0.4 is 5.32 Å². The van der Waals surface area contributed by atoms with Crippen molar-refractivity contribution >= 4 is 21.7 Å². The molecule has 0 aliphatic carbocycles. The number of sulfone groups is 1. The molecule has 0 bridgehead atoms. The van der Waals surface area contributed by atoms with E-state index in [9.17, 15) is 18.0 Å². The van der Waals surface area contributed by atoms with Gasteiger partial charge in [-0.25, -0.2) is 13.2 Å². The molecule has 0 saturated heterocycles. The number of rotatable bonds is 7. The van der Waals surface area contributed by atoms with E-state index in [1.165, 1.54) is 0 Å². The Labute approximate surface area is 127 Å². The summed E-state index contributed by atoms with van der Waals surface area (Å²) < 4.78 is 27.4. The molecule has 124 valence electrons. The van der Waals surface area contributed by atoms with Gasteiger partial charge in [-0.2, -0.15) is 0 Å². The van der Waals surface area contributed by atoms with Gasteiger partial charge in [0, 0.05) is 12.7 Å². The topological polar surface area (TPSA) is 89.5 Å². The van der Waals surface area contributed by atoms with Gasteiger partial charge < -0.3 is 10.1 Å². The lowest BCUT2D eigenvalue weighted by Gasteiger charge is -2.27. The summed E-state index contributed by atoms with van der Waals surface area (Å²) in [5.74, 6) is -1.29. The van der Waals surface area contributed by atoms with Crippen LogP contribution in [-0.2, 0) is 24.2 Å². The molecule has 0 aliphatic heterocycles. The normalized spacial score (nSPS) is 15.1. The van der Waals surface area contributed by atoms with E-state index >= 15 is 0 Å². The van der Waals surface area contributed by atoms with Crippen LogP contribution in [0.5, 0.6) is 0 Å². The lowest BCUT2D eigenvalue weighted by atomic mass is 9.98. The molecule has 6 nitrogen and oxygen atoms in total. The number of carbonyl (C=O) groups is 2. The van der Waals surface area contributed by atoms with E-state index in [0.717, 1.165) is 6.26 Å². The van der Waals surface area contributed by atoms with Crippen molar-refractivity contribution in [3.05, 3.63) is 0 Å². The van der Waals surface area contributed by atoms with Crippen LogP contribution >= 0.6 is 0 Å². The van der Waals surface area contributed by atoms with Gasteiger partial charge in [-0.1, -0.05) is 20.3 Å². The third-order valence-electron chi connectivity index (χ3n) is 2.89. The molecule has 1 N–H and O–H groups in total. The molecule has 0 heterocycles. The van der Waals surface area contributed by atoms with Crippen LogP contribution in [0.15, 0.2) is 0 Å². The summed E-state index contributed by atoms with van der Waals surface area (Å²) in [5.41, 5.74) is -0.639. The van der Waals surface area contributed by atoms with Crippen molar-refractivity contribution in [3.63, 3.8) is 0 Å². The lowest BCUT2D eigenvalue weighted by molar-refractivity contribution is -0.160. The maximum atomic E-state index is 12.1. The van der Waals surface area contributed by atoms with Gasteiger partial charge in [0.1, 0.15) is 21.5 Å². The molecule has 7 heteroatoms. The lowest BCUT2D eigenvalue weighted by Crippen LogP contribution is -2.48. The molecule has 0 aromatic carbocycles. The van der Waals surface area contributed by atoms with E-state index in [1.54, 1.807) is 20.8 Å². The first-order valence-corrected chi connectivity index (χ1v) is 9.11. The van der Waals surface area contributed by atoms with Gasteiger partial charge in [0.2, 0.25) is 5.91 Å². The second kappa shape index (κ2) is 7.77. The Morgan fingerprint density at radius 3 is 2.14 bits per heavy atom. The van der Waals surface area contributed by atoms with Crippen molar-refractivity contribution in [3.8, 4) is 0 Å². The summed E-state index contributed by atoms with van der Waals surface area (Å²) in [6, 6.07) is -0.763. The third kappa shape index (κ3) is 9.44. The molecule has 0 radical (unpaired) electrons. The quantitative estimate of drug-likeness (QED) is 0.714. The smallest absolute Gasteiger partial charge is 0.329 e. The first kappa shape index (κ1) is 19.9. The number of nitrogens with one attached hydrogen (secondary N) is 1. The predicted molar refractivity (Wildman–Crippen MR) is 81.6 cm³/mol. The summed E-state index contributed by atoms with van der Waals surface area (Å²) in [5, 5.41) is 2.58. The van der Waals surface area contributed by atoms with E-state index in [0.29, 0.717) is 6.42 Å². The number of ether oxygens (including phenoxy) is 1. The molecule has 0 aromatic rings. The van der Waals surface area contributed by atoms with Crippen LogP contribution in [0, 0.1) is 5.92 Å². The first-order valence-electron chi connectivity index (χ1n) is 7.05. The second-order valence-corrected chi connectivity index (χ2v) is 8.60. The molecule has 0 aliphatic rings. The highest BCUT2D eigenvalue weighted by molar-refractivity contribution is 7.90. The average Bonchev–Trinajstić information content (AvgIpc) is 2.29. The fraction of sp³-hybridized carbons (Fsp3) is 0.857. The highest BCUT2D eigenvalue weighted by Crippen LogP contribution is 2.15. The predicted octanol–water partition coefficient (Wildman–Crippen LogP) is 1.29. The number of hydrogen-bond acceptors (Lipinski definition) is 5. The highest BCUT2D eigenvalue weighted by Gasteiger charge is 2.30. The Bertz CT molecular complexity index is 464. The molecule has 0 saturated carbocycles. The van der Waals surface area contributed by atoms with Crippen molar-refractivity contribution in [2.75, 3.05) is 12.0 Å². The minimum Gasteiger partial charge on any atom is -0.458 e. The van der Waals surface area contributed by atoms with Crippen LogP contribution in [0.1, 0.15) is 47.5 Å². The van der Waals surface area contributed by atoms with E-state index in [4.69, 9.17) is 4.74 Å². The van der Waals surface area contributed by atoms with Gasteiger partial charge >= 0.3 is 5.97 Å². The number of esters is 1. The van der Waals surface area contributed by atoms with Crippen molar-refractivity contribution in [2.24, 2.45) is 5.92 Å². The van der Waals surface area contributed by atoms with E-state index < -0.39 is 33.4 Å². The monoisotopic (exact) mass is 321 g/mol. The minimum absolute atomic E-state index is 0.0953. The van der Waals surface area contributed by atoms with Crippen LogP contribution in [0.3, 0.4) is 0 Å². The van der Waals surface area contributed by atoms with Crippen LogP contribution in [-0.4, -0.2) is 43.9 Å². The first-order chi connectivity index (χ1) is 9.35. The summed E-state index contributed by atoms with van der Waals surface area (Å²) >= 11 is 0. The van der Waals surface area contributed by atoms with Gasteiger partial charge in [0.15, 0.2) is 0 Å². The molecule has 1 amide bonds. The van der Waals surface area contributed by atoms with Crippen molar-refractivity contribution in [2.45, 2.75) is 59.1 Å². The maximum Gasteiger partial charge on any atom is 0.329 e. The molecule has 0 spiro atoms. The van der Waals surface area contributed by atoms with E-state index in [-0.39, 0.29) is 18.1 Å². The zero-order valence-electron chi connectivity index (χ0n) is 13.7. The molecule has 2 atom stereocenters. The Kier molecular flexibility index (Phi) is 7.36. The van der Waals surface area contributed by atoms with Gasteiger partial charge in [0.25, 0.3) is 0 Å². The molecule has 0 fully saturated rings. The molecule has 21 heavy (non-hydrogen) atoms. The number of hydrogen-bond donors (Lipinski definition) is 1. The van der Waals surface area contributed by atoms with Gasteiger partial charge in [-0.15, -0.1) is 0 Å². The van der Waals surface area contributed by atoms with Gasteiger partial charge in [0.05, 0.1) is 5.75 Å².